The molecule has 1 saturated heterocycles. The zero-order chi connectivity index (χ0) is 25.4. The van der Waals surface area contributed by atoms with Crippen molar-refractivity contribution in [2.24, 2.45) is 5.89 Å². The highest BCUT2D eigenvalue weighted by Crippen LogP contribution is 2.36. The van der Waals surface area contributed by atoms with Crippen LogP contribution in [0.1, 0.15) is 31.5 Å². The average Bonchev–Trinajstić information content (AvgIpc) is 3.03. The second kappa shape index (κ2) is 6.69. The van der Waals surface area contributed by atoms with E-state index in [1.165, 1.54) is 12.1 Å². The van der Waals surface area contributed by atoms with Crippen LogP contribution in [-0.4, -0.2) is 26.3 Å². The Balaban J connectivity index is 1.79. The van der Waals surface area contributed by atoms with Gasteiger partial charge in [0.25, 0.3) is 0 Å². The Bertz CT molecular complexity index is 1120. The van der Waals surface area contributed by atoms with Crippen molar-refractivity contribution >= 4 is 0 Å². The van der Waals surface area contributed by atoms with E-state index in [1.807, 2.05) is 0 Å². The average molecular weight is 339 g/mol. The van der Waals surface area contributed by atoms with E-state index in [4.69, 9.17) is 27.9 Å². The Morgan fingerprint density at radius 2 is 2.08 bits per heavy atom. The molecule has 4 rings (SSSR count). The van der Waals surface area contributed by atoms with E-state index in [0.29, 0.717) is 0 Å². The van der Waals surface area contributed by atoms with Crippen LogP contribution in [0.15, 0.2) is 42.5 Å². The van der Waals surface area contributed by atoms with Gasteiger partial charge in [-0.3, -0.25) is 0 Å². The molecule has 2 heterocycles. The number of ether oxygens (including phenoxy) is 3. The van der Waals surface area contributed by atoms with Crippen LogP contribution >= 0.6 is 0 Å². The molecule has 5 heteroatoms. The summed E-state index contributed by atoms with van der Waals surface area (Å²) in [7, 11) is 0. The van der Waals surface area contributed by atoms with Crippen LogP contribution in [0.5, 0.6) is 17.2 Å². The molecule has 4 nitrogen and oxygen atoms in total. The van der Waals surface area contributed by atoms with Gasteiger partial charge >= 0.3 is 0 Å². The minimum Gasteiger partial charge on any atom is -0.493 e. The van der Waals surface area contributed by atoms with E-state index in [2.05, 4.69) is 5.32 Å². The highest BCUT2D eigenvalue weighted by Gasteiger charge is 2.27. The lowest BCUT2D eigenvalue weighted by Gasteiger charge is -2.32. The summed E-state index contributed by atoms with van der Waals surface area (Å²) in [6, 6.07) is 7.47. The third kappa shape index (κ3) is 3.17. The van der Waals surface area contributed by atoms with Crippen molar-refractivity contribution in [1.82, 2.24) is 5.32 Å². The van der Waals surface area contributed by atoms with E-state index in [1.54, 1.807) is 0 Å². The molecular formula is C19H20FNO3. The number of piperidine rings is 1. The number of halogens is 1. The maximum atomic E-state index is 13.6. The van der Waals surface area contributed by atoms with Crippen LogP contribution in [0.4, 0.5) is 4.39 Å². The zero-order valence-electron chi connectivity index (χ0n) is 22.4. The lowest BCUT2D eigenvalue weighted by atomic mass is 9.81. The number of hydrogen-bond donors (Lipinski definition) is 1. The summed E-state index contributed by atoms with van der Waals surface area (Å²) in [4.78, 5) is 0. The molecule has 0 aliphatic carbocycles. The Labute approximate surface area is 154 Å². The molecule has 0 spiro atoms. The van der Waals surface area contributed by atoms with Crippen molar-refractivity contribution in [3.8, 4) is 17.2 Å². The number of rotatable bonds is 4. The highest BCUT2D eigenvalue weighted by molar-refractivity contribution is 5.46. The first-order chi connectivity index (χ1) is 15.5. The van der Waals surface area contributed by atoms with Crippen molar-refractivity contribution < 1.29 is 32.3 Å². The molecule has 0 saturated carbocycles. The topological polar surface area (TPSA) is 39.7 Å². The smallest absolute Gasteiger partial charge is 0.231 e. The van der Waals surface area contributed by atoms with Gasteiger partial charge < -0.3 is 19.5 Å². The van der Waals surface area contributed by atoms with E-state index < -0.39 is 50.3 Å². The van der Waals surface area contributed by atoms with Gasteiger partial charge in [0, 0.05) is 26.7 Å². The van der Waals surface area contributed by atoms with Crippen LogP contribution in [0.3, 0.4) is 0 Å². The van der Waals surface area contributed by atoms with Gasteiger partial charge in [0.2, 0.25) is 6.75 Å². The maximum absolute atomic E-state index is 13.6. The van der Waals surface area contributed by atoms with Gasteiger partial charge in [-0.05, 0) is 48.6 Å². The normalized spacial score (nSPS) is 41.5. The van der Waals surface area contributed by atoms with Crippen LogP contribution < -0.4 is 19.5 Å². The molecule has 1 unspecified atom stereocenters. The standard InChI is InChI=1S/C19H20FNO3/c20-15-3-1-13(2-4-15)17-7-8-21-10-14(17)11-22-16-5-6-18-19(9-16)24-12-23-18/h1-6,9,14,17,21H,7-8,10-12H2/t14?,17-/m0/s1/i7D2,8D2,11D2,12D2,14D,17D. The fourth-order valence-electron chi connectivity index (χ4n) is 2.30. The number of benzene rings is 2. The van der Waals surface area contributed by atoms with Crippen molar-refractivity contribution in [3.05, 3.63) is 53.8 Å². The van der Waals surface area contributed by atoms with E-state index >= 15 is 0 Å². The summed E-state index contributed by atoms with van der Waals surface area (Å²) in [5.74, 6) is -6.73. The monoisotopic (exact) mass is 339 g/mol. The third-order valence-corrected chi connectivity index (χ3v) is 3.49. The molecule has 2 aromatic carbocycles. The van der Waals surface area contributed by atoms with E-state index in [9.17, 15) is 4.39 Å². The van der Waals surface area contributed by atoms with Crippen LogP contribution in [0.2, 0.25) is 0 Å². The van der Waals surface area contributed by atoms with Gasteiger partial charge in [-0.15, -0.1) is 0 Å². The fraction of sp³-hybridized carbons (Fsp3) is 0.368. The summed E-state index contributed by atoms with van der Waals surface area (Å²) >= 11 is 0. The zero-order valence-corrected chi connectivity index (χ0v) is 12.4. The first kappa shape index (κ1) is 7.74. The lowest BCUT2D eigenvalue weighted by molar-refractivity contribution is 0.173. The molecule has 2 aliphatic rings. The van der Waals surface area contributed by atoms with Gasteiger partial charge in [0.05, 0.1) is 9.30 Å². The predicted molar refractivity (Wildman–Crippen MR) is 88.2 cm³/mol. The minimum atomic E-state index is -3.18. The lowest BCUT2D eigenvalue weighted by Crippen LogP contribution is -2.38. The van der Waals surface area contributed by atoms with Crippen LogP contribution in [-0.2, 0) is 0 Å². The molecule has 126 valence electrons. The Kier molecular flexibility index (Phi) is 2.16. The summed E-state index contributed by atoms with van der Waals surface area (Å²) in [5, 5.41) is 2.18. The van der Waals surface area contributed by atoms with Gasteiger partial charge in [0.15, 0.2) is 11.5 Å². The fourth-order valence-corrected chi connectivity index (χ4v) is 2.30. The second-order valence-electron chi connectivity index (χ2n) is 5.06. The number of hydrogen-bond acceptors (Lipinski definition) is 4. The molecule has 2 atom stereocenters. The summed E-state index contributed by atoms with van der Waals surface area (Å²) in [6.07, 6.45) is -3.18. The molecule has 0 bridgehead atoms. The Morgan fingerprint density at radius 1 is 1.25 bits per heavy atom. The summed E-state index contributed by atoms with van der Waals surface area (Å²) in [6.45, 7) is -9.23. The highest BCUT2D eigenvalue weighted by atomic mass is 19.1. The molecule has 0 amide bonds. The van der Waals surface area contributed by atoms with E-state index in [0.717, 1.165) is 30.3 Å². The van der Waals surface area contributed by atoms with Gasteiger partial charge in [-0.25, -0.2) is 4.39 Å². The van der Waals surface area contributed by atoms with Gasteiger partial charge in [-0.2, -0.15) is 0 Å². The van der Waals surface area contributed by atoms with Gasteiger partial charge in [-0.1, -0.05) is 12.1 Å². The third-order valence-electron chi connectivity index (χ3n) is 3.49. The largest absolute Gasteiger partial charge is 0.493 e. The van der Waals surface area contributed by atoms with Crippen molar-refractivity contribution in [3.63, 3.8) is 0 Å². The van der Waals surface area contributed by atoms with Crippen molar-refractivity contribution in [2.45, 2.75) is 12.3 Å². The Hall–Kier alpha value is -2.27. The molecule has 1 fully saturated rings. The van der Waals surface area contributed by atoms with E-state index in [-0.39, 0.29) is 22.8 Å². The number of nitrogens with one attached hydrogen (secondary N) is 1. The van der Waals surface area contributed by atoms with Gasteiger partial charge in [0.1, 0.15) is 14.3 Å². The molecule has 24 heavy (non-hydrogen) atoms. The molecule has 2 aliphatic heterocycles. The molecular weight excluding hydrogens is 309 g/mol. The maximum Gasteiger partial charge on any atom is 0.231 e. The quantitative estimate of drug-likeness (QED) is 0.927. The Morgan fingerprint density at radius 3 is 2.96 bits per heavy atom. The molecule has 0 radical (unpaired) electrons. The number of fused-ring (bicyclic) bond motifs is 1. The van der Waals surface area contributed by atoms with Crippen molar-refractivity contribution in [2.75, 3.05) is 26.3 Å². The minimum absolute atomic E-state index is 0.0310. The molecule has 2 aromatic rings. The first-order valence-corrected chi connectivity index (χ1v) is 7.18. The van der Waals surface area contributed by atoms with Crippen molar-refractivity contribution in [1.29, 1.82) is 0 Å². The predicted octanol–water partition coefficient (Wildman–Crippen LogP) is 3.33. The molecule has 1 N–H and O–H groups in total. The SMILES string of the molecule is [2H]C1([2H])Oc2ccc(OC([2H])([2H])C3([2H])CNC([2H])([2H])C([2H])([2H])[C@@]3([2H])c3ccc(F)cc3)cc2O1. The first-order valence-electron chi connectivity index (χ1n) is 12.2. The molecule has 0 aromatic heterocycles. The summed E-state index contributed by atoms with van der Waals surface area (Å²) < 4.78 is 112. The second-order valence-corrected chi connectivity index (χ2v) is 5.06. The summed E-state index contributed by atoms with van der Waals surface area (Å²) in [5.41, 5.74) is -0.314. The van der Waals surface area contributed by atoms with Crippen LogP contribution in [0, 0.1) is 11.7 Å². The van der Waals surface area contributed by atoms with Crippen LogP contribution in [0.25, 0.3) is 0 Å².